The van der Waals surface area contributed by atoms with Gasteiger partial charge in [0, 0.05) is 6.07 Å². The predicted molar refractivity (Wildman–Crippen MR) is 36.0 cm³/mol. The Morgan fingerprint density at radius 3 is 2.67 bits per heavy atom. The van der Waals surface area contributed by atoms with E-state index in [4.69, 9.17) is 0 Å². The average molecular weight is 172 g/mol. The minimum Gasteiger partial charge on any atom is -0.314 e. The first kappa shape index (κ1) is 7.15. The Morgan fingerprint density at radius 2 is 1.92 bits per heavy atom. The van der Waals surface area contributed by atoms with Crippen molar-refractivity contribution in [3.8, 4) is 0 Å². The average Bonchev–Trinajstić information content (AvgIpc) is 2.29. The summed E-state index contributed by atoms with van der Waals surface area (Å²) in [6.07, 6.45) is -0.922. The number of benzene rings is 1. The Hall–Kier alpha value is -1.52. The van der Waals surface area contributed by atoms with Gasteiger partial charge in [-0.15, -0.1) is 0 Å². The van der Waals surface area contributed by atoms with Gasteiger partial charge in [0.15, 0.2) is 5.82 Å². The molecule has 2 nitrogen and oxygen atoms in total. The van der Waals surface area contributed by atoms with Gasteiger partial charge < -0.3 is 4.98 Å². The first-order valence-corrected chi connectivity index (χ1v) is 3.17. The highest BCUT2D eigenvalue weighted by atomic mass is 19.1. The lowest BCUT2D eigenvalue weighted by molar-refractivity contribution is 0.553. The van der Waals surface area contributed by atoms with Crippen molar-refractivity contribution in [1.29, 1.82) is 0 Å². The smallest absolute Gasteiger partial charge is 0.287 e. The van der Waals surface area contributed by atoms with E-state index in [1.165, 1.54) is 0 Å². The highest BCUT2D eigenvalue weighted by Gasteiger charge is 2.08. The van der Waals surface area contributed by atoms with Crippen LogP contribution in [-0.4, -0.2) is 9.97 Å². The van der Waals surface area contributed by atoms with Gasteiger partial charge in [-0.05, 0) is 6.07 Å². The summed E-state index contributed by atoms with van der Waals surface area (Å²) in [5.41, 5.74) is -0.168. The van der Waals surface area contributed by atoms with Crippen molar-refractivity contribution < 1.29 is 13.2 Å². The summed E-state index contributed by atoms with van der Waals surface area (Å²) >= 11 is 0. The van der Waals surface area contributed by atoms with Crippen LogP contribution in [0.5, 0.6) is 0 Å². The van der Waals surface area contributed by atoms with Gasteiger partial charge in [-0.2, -0.15) is 9.37 Å². The molecule has 12 heavy (non-hydrogen) atoms. The maximum absolute atomic E-state index is 12.8. The highest BCUT2D eigenvalue weighted by molar-refractivity contribution is 5.75. The van der Waals surface area contributed by atoms with E-state index >= 15 is 0 Å². The molecule has 0 radical (unpaired) electrons. The van der Waals surface area contributed by atoms with Crippen LogP contribution in [0.25, 0.3) is 11.0 Å². The van der Waals surface area contributed by atoms with Crippen molar-refractivity contribution >= 4 is 11.0 Å². The van der Waals surface area contributed by atoms with Crippen LogP contribution in [0.1, 0.15) is 0 Å². The van der Waals surface area contributed by atoms with Crippen LogP contribution in [0.4, 0.5) is 13.2 Å². The molecule has 1 aromatic carbocycles. The van der Waals surface area contributed by atoms with Crippen LogP contribution in [0.15, 0.2) is 12.1 Å². The molecule has 0 aliphatic carbocycles. The van der Waals surface area contributed by atoms with Gasteiger partial charge in [0.2, 0.25) is 0 Å². The normalized spacial score (nSPS) is 10.9. The molecular formula is C7H3F3N2. The number of fused-ring (bicyclic) bond motifs is 1. The number of aromatic amines is 1. The van der Waals surface area contributed by atoms with Crippen molar-refractivity contribution in [3.05, 3.63) is 29.8 Å². The zero-order valence-electron chi connectivity index (χ0n) is 5.74. The van der Waals surface area contributed by atoms with E-state index in [0.29, 0.717) is 6.07 Å². The van der Waals surface area contributed by atoms with Crippen LogP contribution >= 0.6 is 0 Å². The lowest BCUT2D eigenvalue weighted by Gasteiger charge is -1.90. The minimum atomic E-state index is -0.922. The molecular weight excluding hydrogens is 169 g/mol. The van der Waals surface area contributed by atoms with Crippen LogP contribution in [-0.2, 0) is 0 Å². The number of imidazole rings is 1. The second-order valence-corrected chi connectivity index (χ2v) is 2.31. The Kier molecular flexibility index (Phi) is 1.33. The number of nitrogens with zero attached hydrogens (tertiary/aromatic N) is 1. The first-order chi connectivity index (χ1) is 5.66. The van der Waals surface area contributed by atoms with Crippen LogP contribution in [0.3, 0.4) is 0 Å². The van der Waals surface area contributed by atoms with Gasteiger partial charge in [0.25, 0.3) is 6.08 Å². The van der Waals surface area contributed by atoms with Crippen molar-refractivity contribution in [2.24, 2.45) is 0 Å². The largest absolute Gasteiger partial charge is 0.314 e. The lowest BCUT2D eigenvalue weighted by Crippen LogP contribution is -1.81. The Balaban J connectivity index is 2.88. The standard InChI is InChI=1S/C7H3F3N2/c8-3-1-4(9)6-5(2-3)11-7(10)12-6/h1-2H,(H,11,12). The van der Waals surface area contributed by atoms with Crippen LogP contribution in [0.2, 0.25) is 0 Å². The zero-order valence-corrected chi connectivity index (χ0v) is 5.74. The maximum atomic E-state index is 12.8. The summed E-state index contributed by atoms with van der Waals surface area (Å²) in [6.45, 7) is 0. The fourth-order valence-corrected chi connectivity index (χ4v) is 1.01. The van der Waals surface area contributed by atoms with E-state index in [2.05, 4.69) is 9.97 Å². The number of hydrogen-bond donors (Lipinski definition) is 1. The Bertz CT molecular complexity index is 435. The van der Waals surface area contributed by atoms with Gasteiger partial charge in [-0.25, -0.2) is 8.78 Å². The second-order valence-electron chi connectivity index (χ2n) is 2.31. The first-order valence-electron chi connectivity index (χ1n) is 3.17. The molecule has 0 unspecified atom stereocenters. The van der Waals surface area contributed by atoms with Gasteiger partial charge >= 0.3 is 0 Å². The third-order valence-corrected chi connectivity index (χ3v) is 1.48. The van der Waals surface area contributed by atoms with Crippen molar-refractivity contribution in [2.45, 2.75) is 0 Å². The molecule has 1 heterocycles. The van der Waals surface area contributed by atoms with Crippen molar-refractivity contribution in [3.63, 3.8) is 0 Å². The molecule has 0 fully saturated rings. The molecule has 0 aliphatic rings. The van der Waals surface area contributed by atoms with Crippen LogP contribution in [0, 0.1) is 17.7 Å². The van der Waals surface area contributed by atoms with Crippen molar-refractivity contribution in [2.75, 3.05) is 0 Å². The highest BCUT2D eigenvalue weighted by Crippen LogP contribution is 2.16. The lowest BCUT2D eigenvalue weighted by atomic mass is 10.3. The molecule has 62 valence electrons. The van der Waals surface area contributed by atoms with Gasteiger partial charge in [-0.3, -0.25) is 0 Å². The molecule has 0 bridgehead atoms. The zero-order chi connectivity index (χ0) is 8.72. The van der Waals surface area contributed by atoms with Gasteiger partial charge in [0.05, 0.1) is 5.52 Å². The number of nitrogens with one attached hydrogen (secondary N) is 1. The molecule has 2 aromatic rings. The summed E-state index contributed by atoms with van der Waals surface area (Å²) in [4.78, 5) is 5.27. The number of halogens is 3. The van der Waals surface area contributed by atoms with Crippen molar-refractivity contribution in [1.82, 2.24) is 9.97 Å². The van der Waals surface area contributed by atoms with Gasteiger partial charge in [0.1, 0.15) is 11.3 Å². The number of rotatable bonds is 0. The monoisotopic (exact) mass is 172 g/mol. The minimum absolute atomic E-state index is 0.0185. The molecule has 1 N–H and O–H groups in total. The Morgan fingerprint density at radius 1 is 1.17 bits per heavy atom. The van der Waals surface area contributed by atoms with E-state index in [9.17, 15) is 13.2 Å². The SMILES string of the molecule is Fc1cc(F)c2nc(F)[nH]c2c1. The molecule has 0 amide bonds. The Labute approximate surface area is 65.0 Å². The second kappa shape index (κ2) is 2.23. The molecule has 0 saturated carbocycles. The summed E-state index contributed by atoms with van der Waals surface area (Å²) in [5.74, 6) is -1.63. The third kappa shape index (κ3) is 0.939. The summed E-state index contributed by atoms with van der Waals surface area (Å²) in [6, 6.07) is 1.64. The van der Waals surface area contributed by atoms with E-state index < -0.39 is 17.7 Å². The topological polar surface area (TPSA) is 28.7 Å². The molecule has 1 aromatic heterocycles. The summed E-state index contributed by atoms with van der Waals surface area (Å²) in [7, 11) is 0. The summed E-state index contributed by atoms with van der Waals surface area (Å²) < 4.78 is 37.6. The predicted octanol–water partition coefficient (Wildman–Crippen LogP) is 1.98. The summed E-state index contributed by atoms with van der Waals surface area (Å²) in [5, 5.41) is 0. The third-order valence-electron chi connectivity index (χ3n) is 1.48. The number of H-pyrrole nitrogens is 1. The molecule has 0 atom stereocenters. The molecule has 0 aliphatic heterocycles. The van der Waals surface area contributed by atoms with E-state index in [-0.39, 0.29) is 11.0 Å². The molecule has 0 spiro atoms. The van der Waals surface area contributed by atoms with E-state index in [0.717, 1.165) is 6.07 Å². The fourth-order valence-electron chi connectivity index (χ4n) is 1.01. The van der Waals surface area contributed by atoms with Crippen LogP contribution < -0.4 is 0 Å². The molecule has 5 heteroatoms. The molecule has 0 saturated heterocycles. The fraction of sp³-hybridized carbons (Fsp3) is 0. The number of aromatic nitrogens is 2. The van der Waals surface area contributed by atoms with E-state index in [1.807, 2.05) is 0 Å². The van der Waals surface area contributed by atoms with E-state index in [1.54, 1.807) is 0 Å². The molecule has 2 rings (SSSR count). The quantitative estimate of drug-likeness (QED) is 0.646. The van der Waals surface area contributed by atoms with Gasteiger partial charge in [-0.1, -0.05) is 0 Å². The maximum Gasteiger partial charge on any atom is 0.287 e. The number of hydrogen-bond acceptors (Lipinski definition) is 1.